The van der Waals surface area contributed by atoms with Crippen LogP contribution < -0.4 is 4.74 Å². The second-order valence-corrected chi connectivity index (χ2v) is 8.93. The first-order chi connectivity index (χ1) is 13.2. The normalized spacial score (nSPS) is 31.1. The zero-order valence-corrected chi connectivity index (χ0v) is 16.1. The molecule has 4 aliphatic carbocycles. The molecular formula is C25H28O2. The molecule has 2 aromatic rings. The third kappa shape index (κ3) is 3.20. The van der Waals surface area contributed by atoms with Gasteiger partial charge in [0.1, 0.15) is 11.5 Å². The Balaban J connectivity index is 1.29. The highest BCUT2D eigenvalue weighted by molar-refractivity contribution is 5.95. The van der Waals surface area contributed by atoms with Crippen LogP contribution in [0.4, 0.5) is 0 Å². The average molecular weight is 360 g/mol. The highest BCUT2D eigenvalue weighted by atomic mass is 16.5. The van der Waals surface area contributed by atoms with E-state index < -0.39 is 0 Å². The number of ketones is 1. The van der Waals surface area contributed by atoms with Crippen molar-refractivity contribution in [3.8, 4) is 11.5 Å². The van der Waals surface area contributed by atoms with Crippen molar-refractivity contribution in [3.63, 3.8) is 0 Å². The molecule has 0 aromatic heterocycles. The lowest BCUT2D eigenvalue weighted by Crippen LogP contribution is -2.43. The number of benzene rings is 2. The third-order valence-electron chi connectivity index (χ3n) is 7.22. The van der Waals surface area contributed by atoms with Crippen LogP contribution >= 0.6 is 0 Å². The fourth-order valence-electron chi connectivity index (χ4n) is 6.28. The highest BCUT2D eigenvalue weighted by Gasteiger charge is 2.48. The average Bonchev–Trinajstić information content (AvgIpc) is 2.68. The highest BCUT2D eigenvalue weighted by Crippen LogP contribution is 2.59. The van der Waals surface area contributed by atoms with E-state index in [1.165, 1.54) is 37.7 Å². The van der Waals surface area contributed by atoms with Gasteiger partial charge in [-0.15, -0.1) is 0 Å². The Morgan fingerprint density at radius 1 is 0.815 bits per heavy atom. The molecule has 140 valence electrons. The molecule has 0 amide bonds. The van der Waals surface area contributed by atoms with E-state index >= 15 is 0 Å². The molecule has 4 aliphatic rings. The van der Waals surface area contributed by atoms with Crippen molar-refractivity contribution < 1.29 is 9.53 Å². The van der Waals surface area contributed by atoms with Crippen LogP contribution in [0.25, 0.3) is 0 Å². The van der Waals surface area contributed by atoms with Gasteiger partial charge in [-0.25, -0.2) is 0 Å². The van der Waals surface area contributed by atoms with Gasteiger partial charge in [-0.2, -0.15) is 0 Å². The number of hydrogen-bond donors (Lipinski definition) is 0. The van der Waals surface area contributed by atoms with E-state index in [1.807, 2.05) is 31.2 Å². The van der Waals surface area contributed by atoms with Crippen LogP contribution in [0.15, 0.2) is 48.5 Å². The van der Waals surface area contributed by atoms with Gasteiger partial charge in [0, 0.05) is 12.0 Å². The summed E-state index contributed by atoms with van der Waals surface area (Å²) in [4.78, 5) is 11.7. The summed E-state index contributed by atoms with van der Waals surface area (Å²) >= 11 is 0. The second-order valence-electron chi connectivity index (χ2n) is 8.93. The van der Waals surface area contributed by atoms with Crippen molar-refractivity contribution in [3.05, 3.63) is 59.7 Å². The summed E-state index contributed by atoms with van der Waals surface area (Å²) in [5.74, 6) is 6.46. The predicted molar refractivity (Wildman–Crippen MR) is 107 cm³/mol. The molecule has 27 heavy (non-hydrogen) atoms. The molecule has 0 saturated heterocycles. The Hall–Kier alpha value is -2.09. The molecule has 0 atom stereocenters. The number of Topliss-reactive ketones (excluding diaryl/α,β-unsaturated/α-hetero) is 1. The lowest BCUT2D eigenvalue weighted by atomic mass is 9.51. The first kappa shape index (κ1) is 17.0. The van der Waals surface area contributed by atoms with Gasteiger partial charge in [0.15, 0.2) is 5.78 Å². The van der Waals surface area contributed by atoms with E-state index in [4.69, 9.17) is 4.74 Å². The maximum Gasteiger partial charge on any atom is 0.162 e. The number of hydrogen-bond acceptors (Lipinski definition) is 2. The molecular weight excluding hydrogens is 332 g/mol. The molecule has 2 nitrogen and oxygen atoms in total. The summed E-state index contributed by atoms with van der Waals surface area (Å²) in [7, 11) is 0. The fraction of sp³-hybridized carbons (Fsp3) is 0.480. The number of ether oxygens (including phenoxy) is 1. The van der Waals surface area contributed by atoms with Crippen LogP contribution in [0.2, 0.25) is 0 Å². The second kappa shape index (κ2) is 6.82. The zero-order valence-electron chi connectivity index (χ0n) is 16.1. The Labute approximate surface area is 161 Å². The van der Waals surface area contributed by atoms with Crippen LogP contribution in [-0.2, 0) is 0 Å². The van der Waals surface area contributed by atoms with E-state index in [2.05, 4.69) is 24.3 Å². The molecule has 4 saturated carbocycles. The quantitative estimate of drug-likeness (QED) is 0.561. The largest absolute Gasteiger partial charge is 0.457 e. The summed E-state index contributed by atoms with van der Waals surface area (Å²) in [5, 5.41) is 0. The molecule has 0 N–H and O–H groups in total. The molecule has 4 fully saturated rings. The van der Waals surface area contributed by atoms with Gasteiger partial charge in [0.25, 0.3) is 0 Å². The van der Waals surface area contributed by atoms with Crippen molar-refractivity contribution in [2.75, 3.05) is 0 Å². The number of carbonyl (C=O) groups excluding carboxylic acids is 1. The van der Waals surface area contributed by atoms with Gasteiger partial charge >= 0.3 is 0 Å². The Morgan fingerprint density at radius 2 is 1.33 bits per heavy atom. The molecule has 2 heteroatoms. The molecule has 0 radical (unpaired) electrons. The predicted octanol–water partition coefficient (Wildman–Crippen LogP) is 6.61. The molecule has 2 aromatic carbocycles. The summed E-state index contributed by atoms with van der Waals surface area (Å²) in [6.45, 7) is 1.89. The van der Waals surface area contributed by atoms with Gasteiger partial charge in [0.05, 0.1) is 0 Å². The lowest BCUT2D eigenvalue weighted by molar-refractivity contribution is -0.00279. The van der Waals surface area contributed by atoms with Gasteiger partial charge in [-0.3, -0.25) is 4.79 Å². The van der Waals surface area contributed by atoms with Crippen molar-refractivity contribution in [1.29, 1.82) is 0 Å². The minimum absolute atomic E-state index is 0.168. The smallest absolute Gasteiger partial charge is 0.162 e. The summed E-state index contributed by atoms with van der Waals surface area (Å²) < 4.78 is 6.00. The van der Waals surface area contributed by atoms with Crippen molar-refractivity contribution in [2.24, 2.45) is 23.7 Å². The van der Waals surface area contributed by atoms with Crippen molar-refractivity contribution in [1.82, 2.24) is 0 Å². The molecule has 0 spiro atoms. The Bertz CT molecular complexity index is 790. The standard InChI is InChI=1S/C25H28O2/c1-2-24(26)18-3-7-22(8-4-18)27-23-9-5-19(6-10-23)25-20-12-16-11-17(14-20)15-21(25)13-16/h3-10,16-17,20-21,25H,2,11-15H2,1H3. The Kier molecular flexibility index (Phi) is 4.30. The molecule has 6 rings (SSSR count). The monoisotopic (exact) mass is 360 g/mol. The lowest BCUT2D eigenvalue weighted by Gasteiger charge is -2.54. The Morgan fingerprint density at radius 3 is 1.85 bits per heavy atom. The van der Waals surface area contributed by atoms with Gasteiger partial charge in [-0.1, -0.05) is 19.1 Å². The van der Waals surface area contributed by atoms with E-state index in [9.17, 15) is 4.79 Å². The minimum atomic E-state index is 0.168. The summed E-state index contributed by atoms with van der Waals surface area (Å²) in [6.07, 6.45) is 7.87. The van der Waals surface area contributed by atoms with Gasteiger partial charge < -0.3 is 4.74 Å². The van der Waals surface area contributed by atoms with E-state index in [0.717, 1.165) is 46.7 Å². The number of rotatable bonds is 5. The first-order valence-electron chi connectivity index (χ1n) is 10.6. The molecule has 0 aliphatic heterocycles. The van der Waals surface area contributed by atoms with Crippen molar-refractivity contribution >= 4 is 5.78 Å². The van der Waals surface area contributed by atoms with Crippen LogP contribution in [0.1, 0.15) is 67.3 Å². The minimum Gasteiger partial charge on any atom is -0.457 e. The fourth-order valence-corrected chi connectivity index (χ4v) is 6.28. The maximum absolute atomic E-state index is 11.7. The van der Waals surface area contributed by atoms with E-state index in [1.54, 1.807) is 0 Å². The first-order valence-corrected chi connectivity index (χ1v) is 10.6. The topological polar surface area (TPSA) is 26.3 Å². The molecule has 4 bridgehead atoms. The van der Waals surface area contributed by atoms with Crippen molar-refractivity contribution in [2.45, 2.75) is 51.4 Å². The van der Waals surface area contributed by atoms with Crippen LogP contribution in [0, 0.1) is 23.7 Å². The van der Waals surface area contributed by atoms with E-state index in [-0.39, 0.29) is 5.78 Å². The van der Waals surface area contributed by atoms with Crippen LogP contribution in [-0.4, -0.2) is 5.78 Å². The molecule has 0 unspecified atom stereocenters. The molecule has 0 heterocycles. The number of carbonyl (C=O) groups is 1. The van der Waals surface area contributed by atoms with Crippen LogP contribution in [0.5, 0.6) is 11.5 Å². The summed E-state index contributed by atoms with van der Waals surface area (Å²) in [5.41, 5.74) is 2.27. The SMILES string of the molecule is CCC(=O)c1ccc(Oc2ccc(C3C4CC5CC(C4)CC3C5)cc2)cc1. The zero-order chi connectivity index (χ0) is 18.4. The van der Waals surface area contributed by atoms with Gasteiger partial charge in [-0.05, 0) is 104 Å². The van der Waals surface area contributed by atoms with Gasteiger partial charge in [0.2, 0.25) is 0 Å². The van der Waals surface area contributed by atoms with Crippen LogP contribution in [0.3, 0.4) is 0 Å². The summed E-state index contributed by atoms with van der Waals surface area (Å²) in [6, 6.07) is 16.3. The third-order valence-corrected chi connectivity index (χ3v) is 7.22. The maximum atomic E-state index is 11.7. The van der Waals surface area contributed by atoms with E-state index in [0.29, 0.717) is 6.42 Å².